The highest BCUT2D eigenvalue weighted by molar-refractivity contribution is 5.78. The van der Waals surface area contributed by atoms with Crippen molar-refractivity contribution >= 4 is 5.91 Å². The van der Waals surface area contributed by atoms with Gasteiger partial charge in [0, 0.05) is 45.2 Å². The number of piperazine rings is 1. The van der Waals surface area contributed by atoms with Gasteiger partial charge in [0.1, 0.15) is 0 Å². The second-order valence-electron chi connectivity index (χ2n) is 5.42. The maximum Gasteiger partial charge on any atom is 0.222 e. The monoisotopic (exact) mass is 301 g/mol. The SMILES string of the molecule is CCC(C)C(=O)NCCOCCOCCN1CCNCC1. The molecule has 0 spiro atoms. The molecule has 0 saturated carbocycles. The fourth-order valence-electron chi connectivity index (χ4n) is 2.06. The molecule has 0 aromatic rings. The normalized spacial score (nSPS) is 17.6. The van der Waals surface area contributed by atoms with Crippen molar-refractivity contribution in [3.05, 3.63) is 0 Å². The first-order valence-electron chi connectivity index (χ1n) is 8.10. The summed E-state index contributed by atoms with van der Waals surface area (Å²) in [5, 5.41) is 6.19. The second kappa shape index (κ2) is 11.9. The lowest BCUT2D eigenvalue weighted by molar-refractivity contribution is -0.124. The number of nitrogens with zero attached hydrogens (tertiary/aromatic N) is 1. The van der Waals surface area contributed by atoms with Crippen LogP contribution in [0.5, 0.6) is 0 Å². The van der Waals surface area contributed by atoms with Crippen molar-refractivity contribution in [2.45, 2.75) is 20.3 Å². The number of nitrogens with one attached hydrogen (secondary N) is 2. The Morgan fingerprint density at radius 1 is 1.19 bits per heavy atom. The molecule has 1 fully saturated rings. The van der Waals surface area contributed by atoms with Crippen molar-refractivity contribution in [1.82, 2.24) is 15.5 Å². The van der Waals surface area contributed by atoms with Crippen LogP contribution in [0, 0.1) is 5.92 Å². The molecule has 1 atom stereocenters. The Morgan fingerprint density at radius 3 is 2.52 bits per heavy atom. The summed E-state index contributed by atoms with van der Waals surface area (Å²) in [5.41, 5.74) is 0. The van der Waals surface area contributed by atoms with E-state index in [0.29, 0.717) is 26.4 Å². The predicted octanol–water partition coefficient (Wildman–Crippen LogP) is 0.0871. The fourth-order valence-corrected chi connectivity index (χ4v) is 2.06. The molecule has 1 saturated heterocycles. The Labute approximate surface area is 128 Å². The average molecular weight is 301 g/mol. The van der Waals surface area contributed by atoms with Crippen LogP contribution >= 0.6 is 0 Å². The molecule has 0 bridgehead atoms. The van der Waals surface area contributed by atoms with Crippen LogP contribution in [0.25, 0.3) is 0 Å². The molecule has 0 aromatic carbocycles. The standard InChI is InChI=1S/C15H31N3O3/c1-3-14(2)15(19)17-6-10-20-12-13-21-11-9-18-7-4-16-5-8-18/h14,16H,3-13H2,1-2H3,(H,17,19). The summed E-state index contributed by atoms with van der Waals surface area (Å²) in [6.07, 6.45) is 0.869. The highest BCUT2D eigenvalue weighted by atomic mass is 16.5. The molecule has 2 N–H and O–H groups in total. The van der Waals surface area contributed by atoms with Crippen LogP contribution in [0.15, 0.2) is 0 Å². The van der Waals surface area contributed by atoms with Crippen molar-refractivity contribution in [2.75, 3.05) is 65.7 Å². The molecule has 1 unspecified atom stereocenters. The average Bonchev–Trinajstić information content (AvgIpc) is 2.53. The smallest absolute Gasteiger partial charge is 0.222 e. The van der Waals surface area contributed by atoms with Crippen LogP contribution < -0.4 is 10.6 Å². The van der Waals surface area contributed by atoms with Gasteiger partial charge in [-0.25, -0.2) is 0 Å². The van der Waals surface area contributed by atoms with E-state index in [9.17, 15) is 4.79 Å². The Balaban J connectivity index is 1.81. The van der Waals surface area contributed by atoms with E-state index in [0.717, 1.165) is 45.8 Å². The number of hydrogen-bond donors (Lipinski definition) is 2. The van der Waals surface area contributed by atoms with Crippen molar-refractivity contribution in [3.8, 4) is 0 Å². The van der Waals surface area contributed by atoms with E-state index in [1.54, 1.807) is 0 Å². The molecule has 0 aliphatic carbocycles. The maximum atomic E-state index is 11.5. The lowest BCUT2D eigenvalue weighted by Gasteiger charge is -2.26. The van der Waals surface area contributed by atoms with Crippen molar-refractivity contribution < 1.29 is 14.3 Å². The van der Waals surface area contributed by atoms with Gasteiger partial charge in [-0.2, -0.15) is 0 Å². The van der Waals surface area contributed by atoms with E-state index in [4.69, 9.17) is 9.47 Å². The van der Waals surface area contributed by atoms with E-state index in [2.05, 4.69) is 15.5 Å². The Kier molecular flexibility index (Phi) is 10.4. The highest BCUT2D eigenvalue weighted by Crippen LogP contribution is 1.98. The Hall–Kier alpha value is -0.690. The van der Waals surface area contributed by atoms with E-state index in [-0.39, 0.29) is 11.8 Å². The van der Waals surface area contributed by atoms with Crippen LogP contribution in [0.4, 0.5) is 0 Å². The van der Waals surface area contributed by atoms with Crippen LogP contribution in [-0.4, -0.2) is 76.5 Å². The summed E-state index contributed by atoms with van der Waals surface area (Å²) in [4.78, 5) is 13.9. The van der Waals surface area contributed by atoms with E-state index < -0.39 is 0 Å². The minimum Gasteiger partial charge on any atom is -0.378 e. The predicted molar refractivity (Wildman–Crippen MR) is 83.4 cm³/mol. The first-order valence-corrected chi connectivity index (χ1v) is 8.10. The highest BCUT2D eigenvalue weighted by Gasteiger charge is 2.09. The van der Waals surface area contributed by atoms with Gasteiger partial charge in [-0.15, -0.1) is 0 Å². The summed E-state index contributed by atoms with van der Waals surface area (Å²) in [6.45, 7) is 12.4. The van der Waals surface area contributed by atoms with Crippen molar-refractivity contribution in [2.24, 2.45) is 5.92 Å². The Bertz CT molecular complexity index is 271. The number of amides is 1. The molecule has 21 heavy (non-hydrogen) atoms. The largest absolute Gasteiger partial charge is 0.378 e. The van der Waals surface area contributed by atoms with Crippen LogP contribution in [0.3, 0.4) is 0 Å². The van der Waals surface area contributed by atoms with Gasteiger partial charge in [0.05, 0.1) is 26.4 Å². The van der Waals surface area contributed by atoms with Crippen molar-refractivity contribution in [1.29, 1.82) is 0 Å². The first kappa shape index (κ1) is 18.4. The number of carbonyl (C=O) groups is 1. The first-order chi connectivity index (χ1) is 10.2. The molecule has 6 nitrogen and oxygen atoms in total. The number of hydrogen-bond acceptors (Lipinski definition) is 5. The second-order valence-corrected chi connectivity index (χ2v) is 5.42. The fraction of sp³-hybridized carbons (Fsp3) is 0.933. The number of carbonyl (C=O) groups excluding carboxylic acids is 1. The quantitative estimate of drug-likeness (QED) is 0.530. The van der Waals surface area contributed by atoms with Crippen LogP contribution in [0.1, 0.15) is 20.3 Å². The zero-order valence-electron chi connectivity index (χ0n) is 13.5. The molecule has 0 radical (unpaired) electrons. The van der Waals surface area contributed by atoms with Gasteiger partial charge in [-0.3, -0.25) is 9.69 Å². The zero-order valence-corrected chi connectivity index (χ0v) is 13.5. The third-order valence-electron chi connectivity index (χ3n) is 3.74. The minimum atomic E-state index is 0.0818. The van der Waals surface area contributed by atoms with E-state index in [1.165, 1.54) is 0 Å². The van der Waals surface area contributed by atoms with Gasteiger partial charge in [-0.1, -0.05) is 13.8 Å². The molecule has 1 aliphatic heterocycles. The molecule has 124 valence electrons. The summed E-state index contributed by atoms with van der Waals surface area (Å²) in [6, 6.07) is 0. The molecule has 1 amide bonds. The minimum absolute atomic E-state index is 0.0818. The lowest BCUT2D eigenvalue weighted by atomic mass is 10.1. The molecular formula is C15H31N3O3. The maximum absolute atomic E-state index is 11.5. The van der Waals surface area contributed by atoms with Crippen LogP contribution in [0.2, 0.25) is 0 Å². The Morgan fingerprint density at radius 2 is 1.86 bits per heavy atom. The third-order valence-corrected chi connectivity index (χ3v) is 3.74. The van der Waals surface area contributed by atoms with Gasteiger partial charge in [0.2, 0.25) is 5.91 Å². The molecule has 1 aliphatic rings. The molecule has 1 rings (SSSR count). The molecular weight excluding hydrogens is 270 g/mol. The van der Waals surface area contributed by atoms with Crippen LogP contribution in [-0.2, 0) is 14.3 Å². The summed E-state index contributed by atoms with van der Waals surface area (Å²) in [7, 11) is 0. The van der Waals surface area contributed by atoms with Gasteiger partial charge >= 0.3 is 0 Å². The molecule has 6 heteroatoms. The topological polar surface area (TPSA) is 62.8 Å². The van der Waals surface area contributed by atoms with Gasteiger partial charge in [0.15, 0.2) is 0 Å². The van der Waals surface area contributed by atoms with E-state index in [1.807, 2.05) is 13.8 Å². The van der Waals surface area contributed by atoms with Gasteiger partial charge < -0.3 is 20.1 Å². The number of ether oxygens (including phenoxy) is 2. The summed E-state index contributed by atoms with van der Waals surface area (Å²) in [5.74, 6) is 0.187. The third kappa shape index (κ3) is 9.03. The van der Waals surface area contributed by atoms with Gasteiger partial charge in [-0.05, 0) is 6.42 Å². The zero-order chi connectivity index (χ0) is 15.3. The molecule has 1 heterocycles. The van der Waals surface area contributed by atoms with E-state index >= 15 is 0 Å². The van der Waals surface area contributed by atoms with Gasteiger partial charge in [0.25, 0.3) is 0 Å². The summed E-state index contributed by atoms with van der Waals surface area (Å²) < 4.78 is 11.0. The number of rotatable bonds is 11. The van der Waals surface area contributed by atoms with Crippen molar-refractivity contribution in [3.63, 3.8) is 0 Å². The molecule has 0 aromatic heterocycles. The summed E-state index contributed by atoms with van der Waals surface area (Å²) >= 11 is 0. The lowest BCUT2D eigenvalue weighted by Crippen LogP contribution is -2.44.